The molecule has 1 unspecified atom stereocenters. The molecule has 0 aliphatic carbocycles. The second-order valence-electron chi connectivity index (χ2n) is 0. The van der Waals surface area contributed by atoms with Crippen molar-refractivity contribution in [3.63, 3.8) is 0 Å². The van der Waals surface area contributed by atoms with E-state index in [-0.39, 0.29) is 68.5 Å². The second-order valence-corrected chi connectivity index (χ2v) is 0. The third-order valence-corrected chi connectivity index (χ3v) is 0. The third-order valence-electron chi connectivity index (χ3n) is 0. The molecule has 0 aliphatic rings. The fourth-order valence-electron chi connectivity index (χ4n) is 0. The Morgan fingerprint density at radius 2 is 1.25 bits per heavy atom. The van der Waals surface area contributed by atoms with Crippen LogP contribution in [0.3, 0.4) is 0 Å². The zero-order valence-electron chi connectivity index (χ0n) is 1.51. The van der Waals surface area contributed by atoms with E-state index < -0.39 is 0 Å². The van der Waals surface area contributed by atoms with E-state index >= 15 is 0 Å². The van der Waals surface area contributed by atoms with Gasteiger partial charge in [0.25, 0.3) is 0 Å². The summed E-state index contributed by atoms with van der Waals surface area (Å²) in [6, 6.07) is 0. The van der Waals surface area contributed by atoms with Crippen molar-refractivity contribution in [3.05, 3.63) is 0 Å². The Hall–Kier alpha value is 2.55. The molecule has 24 valence electrons. The van der Waals surface area contributed by atoms with Gasteiger partial charge in [0.05, 0.1) is 0 Å². The van der Waals surface area contributed by atoms with Gasteiger partial charge in [-0.1, -0.05) is 9.39 Å². The molecule has 0 bridgehead atoms. The van der Waals surface area contributed by atoms with E-state index in [2.05, 4.69) is 5.50 Å². The maximum absolute atomic E-state index is 4.42. The summed E-state index contributed by atoms with van der Waals surface area (Å²) in [7, 11) is 1.92. The first-order valence-electron chi connectivity index (χ1n) is 0.333. The van der Waals surface area contributed by atoms with Crippen LogP contribution in [-0.4, -0.2) is 51.4 Å². The first kappa shape index (κ1) is 16.0. The van der Waals surface area contributed by atoms with Crippen LogP contribution < -0.4 is 5.50 Å². The Morgan fingerprint density at radius 3 is 1.25 bits per heavy atom. The summed E-state index contributed by atoms with van der Waals surface area (Å²) in [6.45, 7) is 0. The Bertz CT molecular complexity index is 8.00. The van der Waals surface area contributed by atoms with Gasteiger partial charge in [0.15, 0.2) is 0 Å². The van der Waals surface area contributed by atoms with Crippen molar-refractivity contribution in [2.75, 3.05) is 0 Å². The minimum absolute atomic E-state index is 0. The van der Waals surface area contributed by atoms with Gasteiger partial charge in [0.2, 0.25) is 0 Å². The molecular formula is H5FeKNP. The summed E-state index contributed by atoms with van der Waals surface area (Å²) in [5.41, 5.74) is 4.42. The van der Waals surface area contributed by atoms with E-state index in [1.54, 1.807) is 0 Å². The van der Waals surface area contributed by atoms with Gasteiger partial charge in [-0.05, 0) is 0 Å². The van der Waals surface area contributed by atoms with Gasteiger partial charge in [-0.3, -0.25) is 0 Å². The van der Waals surface area contributed by atoms with Gasteiger partial charge in [0, 0.05) is 17.1 Å². The minimum atomic E-state index is 0. The second kappa shape index (κ2) is 17.7. The number of nitrogens with two attached hydrogens (primary N) is 1. The molecule has 0 aromatic carbocycles. The summed E-state index contributed by atoms with van der Waals surface area (Å²) < 4.78 is 0. The standard InChI is InChI=1S/Fe.K.H4NP.H/c;;1-2;/h;;1-2H2;. The third kappa shape index (κ3) is 8.82. The molecule has 2 N–H and O–H groups in total. The molecule has 0 amide bonds. The van der Waals surface area contributed by atoms with Gasteiger partial charge >= 0.3 is 51.4 Å². The normalized spacial score (nSPS) is 1.50. The molecule has 0 saturated carbocycles. The molecule has 4 heavy (non-hydrogen) atoms. The predicted octanol–water partition coefficient (Wildman–Crippen LogP) is -0.916. The molecule has 0 saturated heterocycles. The van der Waals surface area contributed by atoms with E-state index in [1.807, 2.05) is 9.39 Å². The molecule has 1 atom stereocenters. The van der Waals surface area contributed by atoms with Gasteiger partial charge in [-0.2, -0.15) is 0 Å². The Kier molecular flexibility index (Phi) is 70.8. The van der Waals surface area contributed by atoms with Crippen molar-refractivity contribution in [1.82, 2.24) is 0 Å². The number of rotatable bonds is 0. The van der Waals surface area contributed by atoms with Gasteiger partial charge < -0.3 is 5.50 Å². The van der Waals surface area contributed by atoms with E-state index in [0.29, 0.717) is 0 Å². The molecular weight excluding hydrogens is 140 g/mol. The summed E-state index contributed by atoms with van der Waals surface area (Å²) in [5.74, 6) is 0. The average molecular weight is 145 g/mol. The molecule has 0 aliphatic heterocycles. The average Bonchev–Trinajstić information content (AvgIpc) is 1.00. The predicted molar refractivity (Wildman–Crippen MR) is 21.0 cm³/mol. The summed E-state index contributed by atoms with van der Waals surface area (Å²) in [5, 5.41) is 0. The maximum atomic E-state index is 4.42. The Balaban J connectivity index is -0.00000000500. The van der Waals surface area contributed by atoms with Gasteiger partial charge in [0.1, 0.15) is 0 Å². The Morgan fingerprint density at radius 1 is 1.25 bits per heavy atom. The van der Waals surface area contributed by atoms with Crippen molar-refractivity contribution < 1.29 is 17.1 Å². The topological polar surface area (TPSA) is 26.0 Å². The van der Waals surface area contributed by atoms with Crippen molar-refractivity contribution in [2.24, 2.45) is 5.50 Å². The van der Waals surface area contributed by atoms with Crippen LogP contribution in [0.25, 0.3) is 0 Å². The van der Waals surface area contributed by atoms with Crippen LogP contribution in [0.1, 0.15) is 0 Å². The monoisotopic (exact) mass is 145 g/mol. The zero-order chi connectivity index (χ0) is 2.00. The quantitative estimate of drug-likeness (QED) is 0.346. The van der Waals surface area contributed by atoms with Crippen molar-refractivity contribution in [1.29, 1.82) is 0 Å². The van der Waals surface area contributed by atoms with Crippen LogP contribution in [0.2, 0.25) is 0 Å². The molecule has 0 heterocycles. The summed E-state index contributed by atoms with van der Waals surface area (Å²) in [4.78, 5) is 0. The van der Waals surface area contributed by atoms with Crippen LogP contribution in [0.4, 0.5) is 0 Å². The van der Waals surface area contributed by atoms with Crippen molar-refractivity contribution in [3.8, 4) is 0 Å². The molecule has 0 aromatic heterocycles. The number of hydrogen-bond acceptors (Lipinski definition) is 1. The van der Waals surface area contributed by atoms with Gasteiger partial charge in [-0.15, -0.1) is 0 Å². The molecule has 1 nitrogen and oxygen atoms in total. The van der Waals surface area contributed by atoms with E-state index in [9.17, 15) is 0 Å². The molecule has 0 spiro atoms. The first-order valence-corrected chi connectivity index (χ1v) is 1.00. The summed E-state index contributed by atoms with van der Waals surface area (Å²) in [6.07, 6.45) is 0. The van der Waals surface area contributed by atoms with E-state index in [0.717, 1.165) is 0 Å². The van der Waals surface area contributed by atoms with E-state index in [4.69, 9.17) is 0 Å². The van der Waals surface area contributed by atoms with Gasteiger partial charge in [-0.25, -0.2) is 0 Å². The Labute approximate surface area is 81.6 Å². The van der Waals surface area contributed by atoms with Crippen LogP contribution in [0, 0.1) is 0 Å². The zero-order valence-corrected chi connectivity index (χ0v) is 3.77. The van der Waals surface area contributed by atoms with Crippen LogP contribution in [0.15, 0.2) is 0 Å². The van der Waals surface area contributed by atoms with E-state index in [1.165, 1.54) is 0 Å². The van der Waals surface area contributed by atoms with Crippen molar-refractivity contribution >= 4 is 60.8 Å². The molecule has 0 radical (unpaired) electrons. The SMILES string of the molecule is NP.[Fe].[KH]. The molecule has 0 aromatic rings. The van der Waals surface area contributed by atoms with Crippen LogP contribution in [0.5, 0.6) is 0 Å². The fourth-order valence-corrected chi connectivity index (χ4v) is 0. The molecule has 4 heteroatoms. The van der Waals surface area contributed by atoms with Crippen LogP contribution in [-0.2, 0) is 17.1 Å². The molecule has 0 fully saturated rings. The summed E-state index contributed by atoms with van der Waals surface area (Å²) >= 11 is 0. The fraction of sp³-hybridized carbons (Fsp3) is 0. The molecule has 0 rings (SSSR count). The van der Waals surface area contributed by atoms with Crippen LogP contribution >= 0.6 is 9.39 Å². The number of hydrogen-bond donors (Lipinski definition) is 1. The van der Waals surface area contributed by atoms with Crippen molar-refractivity contribution in [2.45, 2.75) is 0 Å². The first-order chi connectivity index (χ1) is 1.00.